The first kappa shape index (κ1) is 22.7. The Morgan fingerprint density at radius 3 is 2.35 bits per heavy atom. The number of pyridine rings is 2. The number of amides is 1. The molecule has 1 N–H and O–H groups in total. The summed E-state index contributed by atoms with van der Waals surface area (Å²) in [5.74, 6) is 0.691. The second-order valence-electron chi connectivity index (χ2n) is 7.33. The zero-order chi connectivity index (χ0) is 24.1. The van der Waals surface area contributed by atoms with E-state index in [9.17, 15) is 9.59 Å². The molecule has 1 amide bonds. The molecule has 2 aromatic heterocycles. The Morgan fingerprint density at radius 2 is 1.59 bits per heavy atom. The summed E-state index contributed by atoms with van der Waals surface area (Å²) in [6.45, 7) is -0.222. The van der Waals surface area contributed by atoms with Gasteiger partial charge in [0, 0.05) is 28.9 Å². The van der Waals surface area contributed by atoms with Gasteiger partial charge in [0.2, 0.25) is 0 Å². The first-order valence-electron chi connectivity index (χ1n) is 10.5. The molecule has 2 heterocycles. The molecule has 0 saturated carbocycles. The number of carbonyl (C=O) groups excluding carboxylic acids is 2. The predicted molar refractivity (Wildman–Crippen MR) is 128 cm³/mol. The molecule has 0 unspecified atom stereocenters. The first-order chi connectivity index (χ1) is 16.5. The summed E-state index contributed by atoms with van der Waals surface area (Å²) in [6.07, 6.45) is 3.46. The van der Waals surface area contributed by atoms with Crippen LogP contribution in [-0.4, -0.2) is 49.5 Å². The molecule has 8 heteroatoms. The van der Waals surface area contributed by atoms with E-state index < -0.39 is 5.91 Å². The molecule has 0 aliphatic heterocycles. The highest BCUT2D eigenvalue weighted by Crippen LogP contribution is 2.33. The minimum absolute atomic E-state index is 0.205. The van der Waals surface area contributed by atoms with Gasteiger partial charge < -0.3 is 19.5 Å². The number of carbonyl (C=O) groups is 2. The Hall–Kier alpha value is -4.46. The van der Waals surface area contributed by atoms with Crippen molar-refractivity contribution in [2.24, 2.45) is 0 Å². The number of nitrogens with zero attached hydrogens (tertiary/aromatic N) is 2. The molecule has 2 aromatic carbocycles. The number of ketones is 1. The topological polar surface area (TPSA) is 99.6 Å². The maximum Gasteiger partial charge on any atom is 0.251 e. The third-order valence-corrected chi connectivity index (χ3v) is 5.34. The minimum atomic E-state index is -0.415. The molecule has 34 heavy (non-hydrogen) atoms. The van der Waals surface area contributed by atoms with Crippen molar-refractivity contribution in [3.8, 4) is 28.5 Å². The number of hydrogen-bond acceptors (Lipinski definition) is 7. The van der Waals surface area contributed by atoms with Crippen LogP contribution in [0.3, 0.4) is 0 Å². The number of benzene rings is 2. The third kappa shape index (κ3) is 4.52. The fourth-order valence-corrected chi connectivity index (χ4v) is 3.60. The van der Waals surface area contributed by atoms with Gasteiger partial charge in [-0.05, 0) is 35.7 Å². The van der Waals surface area contributed by atoms with Gasteiger partial charge in [0.25, 0.3) is 5.91 Å². The first-order valence-corrected chi connectivity index (χ1v) is 10.5. The minimum Gasteiger partial charge on any atom is -0.494 e. The summed E-state index contributed by atoms with van der Waals surface area (Å²) in [5.41, 5.74) is 1.80. The lowest BCUT2D eigenvalue weighted by Gasteiger charge is -2.12. The van der Waals surface area contributed by atoms with Gasteiger partial charge in [-0.1, -0.05) is 24.3 Å². The van der Waals surface area contributed by atoms with Gasteiger partial charge in [0.05, 0.1) is 27.9 Å². The summed E-state index contributed by atoms with van der Waals surface area (Å²) in [7, 11) is 4.55. The monoisotopic (exact) mass is 457 g/mol. The van der Waals surface area contributed by atoms with Crippen LogP contribution in [0.2, 0.25) is 0 Å². The van der Waals surface area contributed by atoms with Gasteiger partial charge in [-0.15, -0.1) is 0 Å². The number of Topliss-reactive ketones (excluding diaryl/α,β-unsaturated/α-hetero) is 1. The Morgan fingerprint density at radius 1 is 0.853 bits per heavy atom. The van der Waals surface area contributed by atoms with Crippen LogP contribution in [0.15, 0.2) is 67.0 Å². The third-order valence-electron chi connectivity index (χ3n) is 5.34. The number of hydrogen-bond donors (Lipinski definition) is 1. The van der Waals surface area contributed by atoms with E-state index in [0.29, 0.717) is 28.5 Å². The van der Waals surface area contributed by atoms with Gasteiger partial charge in [-0.2, -0.15) is 0 Å². The van der Waals surface area contributed by atoms with Crippen molar-refractivity contribution in [1.29, 1.82) is 0 Å². The maximum atomic E-state index is 12.9. The Bertz CT molecular complexity index is 1360. The average Bonchev–Trinajstić information content (AvgIpc) is 2.90. The number of ether oxygens (including phenoxy) is 3. The zero-order valence-electron chi connectivity index (χ0n) is 19.0. The molecule has 0 saturated heterocycles. The smallest absolute Gasteiger partial charge is 0.251 e. The molecular weight excluding hydrogens is 434 g/mol. The zero-order valence-corrected chi connectivity index (χ0v) is 19.0. The molecule has 8 nitrogen and oxygen atoms in total. The Labute approximate surface area is 196 Å². The van der Waals surface area contributed by atoms with E-state index in [1.165, 1.54) is 14.2 Å². The summed E-state index contributed by atoms with van der Waals surface area (Å²) in [5, 5.41) is 4.52. The van der Waals surface area contributed by atoms with E-state index in [-0.39, 0.29) is 18.0 Å². The number of nitrogens with one attached hydrogen (secondary N) is 1. The number of rotatable bonds is 8. The lowest BCUT2D eigenvalue weighted by Crippen LogP contribution is -2.30. The van der Waals surface area contributed by atoms with Crippen LogP contribution in [-0.2, 0) is 0 Å². The van der Waals surface area contributed by atoms with Gasteiger partial charge in [-0.25, -0.2) is 4.98 Å². The number of methoxy groups -OCH3 is 3. The van der Waals surface area contributed by atoms with Crippen molar-refractivity contribution in [2.45, 2.75) is 0 Å². The normalized spacial score (nSPS) is 10.6. The van der Waals surface area contributed by atoms with Crippen molar-refractivity contribution in [1.82, 2.24) is 15.3 Å². The molecule has 0 fully saturated rings. The molecule has 4 aromatic rings. The number of aromatic nitrogens is 2. The molecule has 0 radical (unpaired) electrons. The van der Waals surface area contributed by atoms with Gasteiger partial charge >= 0.3 is 0 Å². The second kappa shape index (κ2) is 9.99. The van der Waals surface area contributed by atoms with Gasteiger partial charge in [0.15, 0.2) is 17.3 Å². The van der Waals surface area contributed by atoms with Gasteiger partial charge in [-0.3, -0.25) is 14.6 Å². The lowest BCUT2D eigenvalue weighted by atomic mass is 10.0. The molecule has 0 aliphatic rings. The van der Waals surface area contributed by atoms with Crippen molar-refractivity contribution in [3.63, 3.8) is 0 Å². The lowest BCUT2D eigenvalue weighted by molar-refractivity contribution is 0.0902. The van der Waals surface area contributed by atoms with E-state index in [2.05, 4.69) is 15.3 Å². The fraction of sp³-hybridized carbons (Fsp3) is 0.154. The maximum absolute atomic E-state index is 12.9. The highest BCUT2D eigenvalue weighted by Gasteiger charge is 2.17. The largest absolute Gasteiger partial charge is 0.494 e. The summed E-state index contributed by atoms with van der Waals surface area (Å²) >= 11 is 0. The number of fused-ring (bicyclic) bond motifs is 1. The SMILES string of the molecule is COc1ccc(C(=O)NCC(=O)c2ccc(OC)c(-c3cncc4ccccc34)n2)cc1OC. The summed E-state index contributed by atoms with van der Waals surface area (Å²) < 4.78 is 15.9. The quantitative estimate of drug-likeness (QED) is 0.400. The van der Waals surface area contributed by atoms with Crippen molar-refractivity contribution in [2.75, 3.05) is 27.9 Å². The van der Waals surface area contributed by atoms with Crippen LogP contribution < -0.4 is 19.5 Å². The molecule has 0 atom stereocenters. The fourth-order valence-electron chi connectivity index (χ4n) is 3.60. The van der Waals surface area contributed by atoms with Crippen LogP contribution >= 0.6 is 0 Å². The van der Waals surface area contributed by atoms with Crippen LogP contribution in [0.1, 0.15) is 20.8 Å². The van der Waals surface area contributed by atoms with E-state index in [4.69, 9.17) is 14.2 Å². The van der Waals surface area contributed by atoms with E-state index >= 15 is 0 Å². The predicted octanol–water partition coefficient (Wildman–Crippen LogP) is 3.94. The van der Waals surface area contributed by atoms with Crippen LogP contribution in [0.25, 0.3) is 22.0 Å². The molecule has 0 spiro atoms. The van der Waals surface area contributed by atoms with Gasteiger partial charge in [0.1, 0.15) is 17.1 Å². The Balaban J connectivity index is 1.57. The summed E-state index contributed by atoms with van der Waals surface area (Å²) in [4.78, 5) is 34.3. The standard InChI is InChI=1S/C26H23N3O5/c1-32-22-10-8-16(12-24(22)34-3)26(31)28-15-21(30)20-9-11-23(33-2)25(29-20)19-14-27-13-17-6-4-5-7-18(17)19/h4-14H,15H2,1-3H3,(H,28,31). The molecular formula is C26H23N3O5. The highest BCUT2D eigenvalue weighted by atomic mass is 16.5. The van der Waals surface area contributed by atoms with Crippen LogP contribution in [0.5, 0.6) is 17.2 Å². The molecule has 0 aliphatic carbocycles. The van der Waals surface area contributed by atoms with E-state index in [1.807, 2.05) is 24.3 Å². The van der Waals surface area contributed by atoms with Crippen LogP contribution in [0, 0.1) is 0 Å². The second-order valence-corrected chi connectivity index (χ2v) is 7.33. The van der Waals surface area contributed by atoms with Crippen LogP contribution in [0.4, 0.5) is 0 Å². The summed E-state index contributed by atoms with van der Waals surface area (Å²) in [6, 6.07) is 15.8. The van der Waals surface area contributed by atoms with Crippen molar-refractivity contribution < 1.29 is 23.8 Å². The Kier molecular flexibility index (Phi) is 6.68. The average molecular weight is 457 g/mol. The van der Waals surface area contributed by atoms with Crippen molar-refractivity contribution >= 4 is 22.5 Å². The van der Waals surface area contributed by atoms with Crippen molar-refractivity contribution in [3.05, 3.63) is 78.2 Å². The molecule has 0 bridgehead atoms. The van der Waals surface area contributed by atoms with E-state index in [1.54, 1.807) is 49.8 Å². The molecule has 4 rings (SSSR count). The molecule has 172 valence electrons. The highest BCUT2D eigenvalue weighted by molar-refractivity contribution is 6.02. The van der Waals surface area contributed by atoms with E-state index in [0.717, 1.165) is 16.3 Å².